The van der Waals surface area contributed by atoms with E-state index in [9.17, 15) is 0 Å². The van der Waals surface area contributed by atoms with E-state index in [-0.39, 0.29) is 17.0 Å². The van der Waals surface area contributed by atoms with Gasteiger partial charge in [-0.3, -0.25) is 4.99 Å². The summed E-state index contributed by atoms with van der Waals surface area (Å²) < 4.78 is 0. The fourth-order valence-corrected chi connectivity index (χ4v) is 11.1. The van der Waals surface area contributed by atoms with Gasteiger partial charge in [0.15, 0.2) is 0 Å². The summed E-state index contributed by atoms with van der Waals surface area (Å²) in [4.78, 5) is 5.23. The summed E-state index contributed by atoms with van der Waals surface area (Å²) in [5.74, 6) is 0. The van der Waals surface area contributed by atoms with Crippen molar-refractivity contribution in [3.05, 3.63) is 185 Å². The van der Waals surface area contributed by atoms with Crippen molar-refractivity contribution in [2.24, 2.45) is 4.99 Å². The van der Waals surface area contributed by atoms with Crippen molar-refractivity contribution in [3.63, 3.8) is 0 Å². The van der Waals surface area contributed by atoms with Crippen molar-refractivity contribution in [3.8, 4) is 33.4 Å². The van der Waals surface area contributed by atoms with Crippen molar-refractivity contribution >= 4 is 11.4 Å². The molecule has 0 radical (unpaired) electrons. The monoisotopic (exact) mass is 698 g/mol. The van der Waals surface area contributed by atoms with E-state index in [1.165, 1.54) is 103 Å². The third-order valence-corrected chi connectivity index (χ3v) is 13.7. The molecule has 2 nitrogen and oxygen atoms in total. The number of nitrogens with one attached hydrogen (secondary N) is 1. The smallest absolute Gasteiger partial charge is 0.145 e. The Labute approximate surface area is 319 Å². The highest BCUT2D eigenvalue weighted by molar-refractivity contribution is 6.13. The fourth-order valence-electron chi connectivity index (χ4n) is 11.1. The summed E-state index contributed by atoms with van der Waals surface area (Å²) in [6, 6.07) is 52.5. The first-order chi connectivity index (χ1) is 26.7. The standard InChI is InChI=1S/C52H46N2/c1-5-15-36(16-6-1)48-34-49(54-50(53-48)38-17-7-2-8-18-38)37-23-21-35(22-24-37)39-25-26-45-41(31-39)43-33-46-42(32-47(43)52(45)29-13-4-14-30-52)40-19-9-10-20-44(40)51(46)27-11-3-12-28-51/h1-2,5-10,15-26,31-34,50,53H,3-4,11-14,27-30H2. The van der Waals surface area contributed by atoms with Gasteiger partial charge in [-0.2, -0.15) is 0 Å². The quantitative estimate of drug-likeness (QED) is 0.195. The molecule has 1 N–H and O–H groups in total. The van der Waals surface area contributed by atoms with E-state index in [2.05, 4.69) is 151 Å². The van der Waals surface area contributed by atoms with Crippen LogP contribution in [-0.4, -0.2) is 5.71 Å². The Hall–Kier alpha value is -5.47. The lowest BCUT2D eigenvalue weighted by Gasteiger charge is -2.37. The lowest BCUT2D eigenvalue weighted by molar-refractivity contribution is 0.350. The molecule has 2 spiro atoms. The molecule has 6 aromatic rings. The summed E-state index contributed by atoms with van der Waals surface area (Å²) in [6.45, 7) is 0. The van der Waals surface area contributed by atoms with Gasteiger partial charge in [0.25, 0.3) is 0 Å². The number of rotatable bonds is 4. The second kappa shape index (κ2) is 12.6. The van der Waals surface area contributed by atoms with E-state index in [1.54, 1.807) is 22.3 Å². The summed E-state index contributed by atoms with van der Waals surface area (Å²) in [6.07, 6.45) is 15.1. The predicted octanol–water partition coefficient (Wildman–Crippen LogP) is 12.9. The van der Waals surface area contributed by atoms with Crippen LogP contribution in [0.5, 0.6) is 0 Å². The van der Waals surface area contributed by atoms with Gasteiger partial charge in [-0.05, 0) is 122 Å². The number of hydrogen-bond donors (Lipinski definition) is 1. The summed E-state index contributed by atoms with van der Waals surface area (Å²) in [5, 5.41) is 3.69. The lowest BCUT2D eigenvalue weighted by Crippen LogP contribution is -2.29. The normalized spacial score (nSPS) is 20.0. The molecule has 0 amide bonds. The molecule has 1 unspecified atom stereocenters. The number of hydrogen-bond acceptors (Lipinski definition) is 2. The average Bonchev–Trinajstić information content (AvgIpc) is 3.66. The van der Waals surface area contributed by atoms with Crippen LogP contribution in [0.1, 0.15) is 109 Å². The molecule has 2 fully saturated rings. The fraction of sp³-hybridized carbons (Fsp3) is 0.250. The van der Waals surface area contributed by atoms with Crippen molar-refractivity contribution in [1.82, 2.24) is 5.32 Å². The minimum atomic E-state index is -0.146. The average molecular weight is 699 g/mol. The van der Waals surface area contributed by atoms with Crippen molar-refractivity contribution < 1.29 is 0 Å². The molecular weight excluding hydrogens is 653 g/mol. The van der Waals surface area contributed by atoms with Gasteiger partial charge < -0.3 is 5.32 Å². The molecule has 0 saturated heterocycles. The minimum Gasteiger partial charge on any atom is -0.360 e. The highest BCUT2D eigenvalue weighted by Gasteiger charge is 2.48. The molecule has 1 aliphatic heterocycles. The molecule has 2 saturated carbocycles. The Balaban J connectivity index is 0.997. The first-order valence-electron chi connectivity index (χ1n) is 20.4. The van der Waals surface area contributed by atoms with Crippen molar-refractivity contribution in [2.75, 3.05) is 0 Å². The van der Waals surface area contributed by atoms with Crippen molar-refractivity contribution in [2.45, 2.75) is 81.2 Å². The minimum absolute atomic E-state index is 0.128. The Morgan fingerprint density at radius 3 is 1.65 bits per heavy atom. The number of nitrogens with zero attached hydrogens (tertiary/aromatic N) is 1. The molecule has 5 aliphatic rings. The van der Waals surface area contributed by atoms with Gasteiger partial charge in [-0.1, -0.05) is 160 Å². The van der Waals surface area contributed by atoms with Crippen LogP contribution in [0.4, 0.5) is 0 Å². The van der Waals surface area contributed by atoms with Crippen LogP contribution < -0.4 is 5.32 Å². The van der Waals surface area contributed by atoms with Crippen LogP contribution in [0.3, 0.4) is 0 Å². The van der Waals surface area contributed by atoms with Crippen LogP contribution in [0.15, 0.2) is 151 Å². The maximum Gasteiger partial charge on any atom is 0.145 e. The highest BCUT2D eigenvalue weighted by Crippen LogP contribution is 2.62. The zero-order valence-corrected chi connectivity index (χ0v) is 31.0. The highest BCUT2D eigenvalue weighted by atomic mass is 15.1. The number of allylic oxidation sites excluding steroid dienone is 1. The van der Waals surface area contributed by atoms with E-state index >= 15 is 0 Å². The van der Waals surface area contributed by atoms with Gasteiger partial charge in [-0.25, -0.2) is 0 Å². The van der Waals surface area contributed by atoms with Crippen LogP contribution in [0, 0.1) is 0 Å². The zero-order chi connectivity index (χ0) is 35.7. The summed E-state index contributed by atoms with van der Waals surface area (Å²) in [7, 11) is 0. The van der Waals surface area contributed by atoms with Crippen molar-refractivity contribution in [1.29, 1.82) is 0 Å². The zero-order valence-electron chi connectivity index (χ0n) is 31.0. The molecule has 1 atom stereocenters. The number of aliphatic imine (C=N–C) groups is 1. The molecule has 264 valence electrons. The van der Waals surface area contributed by atoms with Gasteiger partial charge >= 0.3 is 0 Å². The van der Waals surface area contributed by atoms with E-state index in [0.29, 0.717) is 0 Å². The summed E-state index contributed by atoms with van der Waals surface area (Å²) in [5.41, 5.74) is 20.8. The van der Waals surface area contributed by atoms with E-state index in [0.717, 1.165) is 22.5 Å². The van der Waals surface area contributed by atoms with Crippen LogP contribution in [0.2, 0.25) is 0 Å². The summed E-state index contributed by atoms with van der Waals surface area (Å²) >= 11 is 0. The molecule has 2 heteroatoms. The van der Waals surface area contributed by atoms with Gasteiger partial charge in [0.05, 0.1) is 5.71 Å². The molecule has 0 aromatic heterocycles. The predicted molar refractivity (Wildman–Crippen MR) is 224 cm³/mol. The van der Waals surface area contributed by atoms with E-state index in [1.807, 2.05) is 0 Å². The number of fused-ring (bicyclic) bond motifs is 10. The molecule has 11 rings (SSSR count). The largest absolute Gasteiger partial charge is 0.360 e. The Morgan fingerprint density at radius 1 is 0.426 bits per heavy atom. The molecule has 0 bridgehead atoms. The van der Waals surface area contributed by atoms with Crippen LogP contribution in [0.25, 0.3) is 39.1 Å². The molecule has 4 aliphatic carbocycles. The van der Waals surface area contributed by atoms with Gasteiger partial charge in [0.2, 0.25) is 0 Å². The second-order valence-electron chi connectivity index (χ2n) is 16.5. The van der Waals surface area contributed by atoms with E-state index < -0.39 is 0 Å². The molecular formula is C52H46N2. The third-order valence-electron chi connectivity index (χ3n) is 13.7. The molecule has 1 heterocycles. The van der Waals surface area contributed by atoms with Crippen LogP contribution in [-0.2, 0) is 10.8 Å². The second-order valence-corrected chi connectivity index (χ2v) is 16.5. The third kappa shape index (κ3) is 4.88. The van der Waals surface area contributed by atoms with Gasteiger partial charge in [0.1, 0.15) is 6.17 Å². The maximum absolute atomic E-state index is 5.23. The Morgan fingerprint density at radius 2 is 0.963 bits per heavy atom. The van der Waals surface area contributed by atoms with Crippen LogP contribution >= 0.6 is 0 Å². The first-order valence-corrected chi connectivity index (χ1v) is 20.4. The molecule has 54 heavy (non-hydrogen) atoms. The lowest BCUT2D eigenvalue weighted by atomic mass is 9.66. The van der Waals surface area contributed by atoms with Gasteiger partial charge in [0, 0.05) is 16.5 Å². The van der Waals surface area contributed by atoms with E-state index in [4.69, 9.17) is 4.99 Å². The SMILES string of the molecule is C1=C(c2ccccc2)NC(c2ccccc2)N=C1c1ccc(-c2ccc3c(c2)-c2cc4c(cc2C32CCCCC2)-c2ccccc2C42CCCCC2)cc1. The van der Waals surface area contributed by atoms with Gasteiger partial charge in [-0.15, -0.1) is 0 Å². The topological polar surface area (TPSA) is 24.4 Å². The Kier molecular flexibility index (Phi) is 7.44. The maximum atomic E-state index is 5.23. The molecule has 6 aromatic carbocycles. The Bertz CT molecular complexity index is 2460. The number of benzene rings is 6. The first kappa shape index (κ1) is 32.0.